The van der Waals surface area contributed by atoms with Crippen molar-refractivity contribution in [1.82, 2.24) is 15.1 Å². The Bertz CT molecular complexity index is 1090. The van der Waals surface area contributed by atoms with Crippen LogP contribution in [0.3, 0.4) is 0 Å². The standard InChI is InChI=1S/C23H23N3O2/c1-16-4-9-21-19(15-28-23(21)17(16)2)14-22(27)24-12-10-18-5-7-20(8-6-18)26-13-3-11-25-26/h3-9,11,13,15H,10,12,14H2,1-2H3,(H,24,27). The van der Waals surface area contributed by atoms with Gasteiger partial charge in [-0.25, -0.2) is 4.68 Å². The average Bonchev–Trinajstić information content (AvgIpc) is 3.36. The molecule has 0 saturated heterocycles. The molecule has 2 aromatic carbocycles. The van der Waals surface area contributed by atoms with Gasteiger partial charge in [0.05, 0.1) is 18.4 Å². The maximum absolute atomic E-state index is 12.3. The molecule has 0 bridgehead atoms. The number of hydrogen-bond acceptors (Lipinski definition) is 3. The molecule has 0 fully saturated rings. The molecular weight excluding hydrogens is 350 g/mol. The highest BCUT2D eigenvalue weighted by molar-refractivity contribution is 5.89. The Morgan fingerprint density at radius 1 is 1.14 bits per heavy atom. The second-order valence-corrected chi connectivity index (χ2v) is 7.04. The molecule has 0 aliphatic heterocycles. The largest absolute Gasteiger partial charge is 0.464 e. The number of nitrogens with zero attached hydrogens (tertiary/aromatic N) is 2. The lowest BCUT2D eigenvalue weighted by molar-refractivity contribution is -0.120. The topological polar surface area (TPSA) is 60.1 Å². The molecule has 5 heteroatoms. The third-order valence-corrected chi connectivity index (χ3v) is 5.13. The summed E-state index contributed by atoms with van der Waals surface area (Å²) in [5, 5.41) is 8.25. The van der Waals surface area contributed by atoms with E-state index in [4.69, 9.17) is 4.42 Å². The van der Waals surface area contributed by atoms with Crippen molar-refractivity contribution in [2.45, 2.75) is 26.7 Å². The molecule has 0 aliphatic rings. The number of aryl methyl sites for hydroxylation is 2. The van der Waals surface area contributed by atoms with Crippen LogP contribution in [0.15, 0.2) is 65.5 Å². The molecule has 2 heterocycles. The van der Waals surface area contributed by atoms with E-state index in [1.54, 1.807) is 12.5 Å². The number of amides is 1. The molecule has 0 unspecified atom stereocenters. The Kier molecular flexibility index (Phi) is 4.98. The fraction of sp³-hybridized carbons (Fsp3) is 0.217. The summed E-state index contributed by atoms with van der Waals surface area (Å²) in [5.74, 6) is 0.00842. The van der Waals surface area contributed by atoms with Crippen LogP contribution in [0.5, 0.6) is 0 Å². The number of carbonyl (C=O) groups is 1. The fourth-order valence-electron chi connectivity index (χ4n) is 3.34. The van der Waals surface area contributed by atoms with Crippen LogP contribution in [0, 0.1) is 13.8 Å². The molecule has 0 atom stereocenters. The molecule has 4 rings (SSSR count). The molecular formula is C23H23N3O2. The maximum Gasteiger partial charge on any atom is 0.224 e. The predicted molar refractivity (Wildman–Crippen MR) is 110 cm³/mol. The van der Waals surface area contributed by atoms with Crippen molar-refractivity contribution >= 4 is 16.9 Å². The van der Waals surface area contributed by atoms with Gasteiger partial charge in [-0.05, 0) is 55.2 Å². The van der Waals surface area contributed by atoms with Crippen molar-refractivity contribution in [3.8, 4) is 5.69 Å². The molecule has 5 nitrogen and oxygen atoms in total. The summed E-state index contributed by atoms with van der Waals surface area (Å²) in [6.45, 7) is 4.71. The van der Waals surface area contributed by atoms with Gasteiger partial charge in [0.1, 0.15) is 5.58 Å². The molecule has 2 aromatic heterocycles. The van der Waals surface area contributed by atoms with Crippen LogP contribution in [0.4, 0.5) is 0 Å². The highest BCUT2D eigenvalue weighted by Gasteiger charge is 2.12. The van der Waals surface area contributed by atoms with Gasteiger partial charge in [-0.2, -0.15) is 5.10 Å². The van der Waals surface area contributed by atoms with E-state index in [9.17, 15) is 4.79 Å². The van der Waals surface area contributed by atoms with Crippen LogP contribution in [0.25, 0.3) is 16.7 Å². The minimum atomic E-state index is 0.00842. The van der Waals surface area contributed by atoms with E-state index in [1.165, 1.54) is 11.1 Å². The normalized spacial score (nSPS) is 11.1. The summed E-state index contributed by atoms with van der Waals surface area (Å²) in [5.41, 5.74) is 6.32. The zero-order valence-electron chi connectivity index (χ0n) is 16.1. The fourth-order valence-corrected chi connectivity index (χ4v) is 3.34. The summed E-state index contributed by atoms with van der Waals surface area (Å²) in [6, 6.07) is 14.2. The first-order chi connectivity index (χ1) is 13.6. The van der Waals surface area contributed by atoms with Crippen LogP contribution in [-0.4, -0.2) is 22.2 Å². The lowest BCUT2D eigenvalue weighted by Crippen LogP contribution is -2.27. The summed E-state index contributed by atoms with van der Waals surface area (Å²) < 4.78 is 7.51. The first-order valence-corrected chi connectivity index (χ1v) is 9.44. The van der Waals surface area contributed by atoms with Crippen molar-refractivity contribution in [2.75, 3.05) is 6.54 Å². The first-order valence-electron chi connectivity index (χ1n) is 9.44. The molecule has 0 saturated carbocycles. The lowest BCUT2D eigenvalue weighted by atomic mass is 10.0. The number of benzene rings is 2. The number of nitrogens with one attached hydrogen (secondary N) is 1. The molecule has 142 valence electrons. The minimum absolute atomic E-state index is 0.00842. The molecule has 4 aromatic rings. The summed E-state index contributed by atoms with van der Waals surface area (Å²) in [4.78, 5) is 12.3. The van der Waals surface area contributed by atoms with E-state index in [0.29, 0.717) is 13.0 Å². The predicted octanol–water partition coefficient (Wildman–Crippen LogP) is 4.14. The van der Waals surface area contributed by atoms with Crippen molar-refractivity contribution < 1.29 is 9.21 Å². The second-order valence-electron chi connectivity index (χ2n) is 7.04. The molecule has 28 heavy (non-hydrogen) atoms. The zero-order chi connectivity index (χ0) is 19.5. The number of fused-ring (bicyclic) bond motifs is 1. The third kappa shape index (κ3) is 3.69. The highest BCUT2D eigenvalue weighted by atomic mass is 16.3. The van der Waals surface area contributed by atoms with E-state index < -0.39 is 0 Å². The van der Waals surface area contributed by atoms with E-state index >= 15 is 0 Å². The molecule has 1 N–H and O–H groups in total. The van der Waals surface area contributed by atoms with Crippen LogP contribution >= 0.6 is 0 Å². The van der Waals surface area contributed by atoms with Gasteiger partial charge < -0.3 is 9.73 Å². The number of furan rings is 1. The number of carbonyl (C=O) groups excluding carboxylic acids is 1. The quantitative estimate of drug-likeness (QED) is 0.553. The van der Waals surface area contributed by atoms with Crippen molar-refractivity contribution in [1.29, 1.82) is 0 Å². The van der Waals surface area contributed by atoms with Crippen molar-refractivity contribution in [2.24, 2.45) is 0 Å². The van der Waals surface area contributed by atoms with E-state index in [-0.39, 0.29) is 5.91 Å². The molecule has 0 aliphatic carbocycles. The van der Waals surface area contributed by atoms with Crippen LogP contribution in [0.2, 0.25) is 0 Å². The summed E-state index contributed by atoms with van der Waals surface area (Å²) >= 11 is 0. The van der Waals surface area contributed by atoms with Gasteiger partial charge in [-0.3, -0.25) is 4.79 Å². The Morgan fingerprint density at radius 3 is 2.71 bits per heavy atom. The van der Waals surface area contributed by atoms with E-state index in [1.807, 2.05) is 42.1 Å². The van der Waals surface area contributed by atoms with Crippen LogP contribution in [-0.2, 0) is 17.6 Å². The summed E-state index contributed by atoms with van der Waals surface area (Å²) in [6.07, 6.45) is 6.49. The van der Waals surface area contributed by atoms with Crippen molar-refractivity contribution in [3.05, 3.63) is 83.4 Å². The van der Waals surface area contributed by atoms with Crippen LogP contribution < -0.4 is 5.32 Å². The Balaban J connectivity index is 1.32. The number of rotatable bonds is 6. The van der Waals surface area contributed by atoms with E-state index in [0.717, 1.165) is 34.2 Å². The van der Waals surface area contributed by atoms with Gasteiger partial charge in [0.2, 0.25) is 5.91 Å². The van der Waals surface area contributed by atoms with Gasteiger partial charge in [0, 0.05) is 29.9 Å². The lowest BCUT2D eigenvalue weighted by Gasteiger charge is -2.07. The van der Waals surface area contributed by atoms with Gasteiger partial charge in [-0.1, -0.05) is 24.3 Å². The monoisotopic (exact) mass is 373 g/mol. The summed E-state index contributed by atoms with van der Waals surface area (Å²) in [7, 11) is 0. The Labute approximate surface area is 164 Å². The number of aromatic nitrogens is 2. The SMILES string of the molecule is Cc1ccc2c(CC(=O)NCCc3ccc(-n4cccn4)cc3)coc2c1C. The first kappa shape index (κ1) is 18.0. The maximum atomic E-state index is 12.3. The van der Waals surface area contributed by atoms with Gasteiger partial charge in [0.25, 0.3) is 0 Å². The van der Waals surface area contributed by atoms with Gasteiger partial charge in [-0.15, -0.1) is 0 Å². The molecule has 0 spiro atoms. The number of hydrogen-bond donors (Lipinski definition) is 1. The van der Waals surface area contributed by atoms with E-state index in [2.05, 4.69) is 35.5 Å². The third-order valence-electron chi connectivity index (χ3n) is 5.13. The molecule has 0 radical (unpaired) electrons. The van der Waals surface area contributed by atoms with Crippen LogP contribution in [0.1, 0.15) is 22.3 Å². The average molecular weight is 373 g/mol. The Hall–Kier alpha value is -3.34. The van der Waals surface area contributed by atoms with Gasteiger partial charge >= 0.3 is 0 Å². The minimum Gasteiger partial charge on any atom is -0.464 e. The smallest absolute Gasteiger partial charge is 0.224 e. The zero-order valence-corrected chi connectivity index (χ0v) is 16.1. The van der Waals surface area contributed by atoms with Crippen molar-refractivity contribution in [3.63, 3.8) is 0 Å². The second kappa shape index (κ2) is 7.72. The Morgan fingerprint density at radius 2 is 1.96 bits per heavy atom. The molecule has 1 amide bonds. The van der Waals surface area contributed by atoms with Gasteiger partial charge in [0.15, 0.2) is 0 Å². The highest BCUT2D eigenvalue weighted by Crippen LogP contribution is 2.26.